The van der Waals surface area contributed by atoms with E-state index >= 15 is 0 Å². The highest BCUT2D eigenvalue weighted by Gasteiger charge is 2.16. The number of anilines is 1. The molecule has 0 aliphatic carbocycles. The van der Waals surface area contributed by atoms with Crippen LogP contribution in [0.2, 0.25) is 0 Å². The minimum Gasteiger partial charge on any atom is -0.326 e. The lowest BCUT2D eigenvalue weighted by atomic mass is 10.3. The fraction of sp³-hybridized carbons (Fsp3) is 0.500. The van der Waals surface area contributed by atoms with E-state index in [0.717, 1.165) is 12.8 Å². The molecule has 0 fully saturated rings. The molecule has 0 saturated carbocycles. The molecule has 1 amide bonds. The summed E-state index contributed by atoms with van der Waals surface area (Å²) >= 11 is 0. The second-order valence-corrected chi connectivity index (χ2v) is 6.47. The second kappa shape index (κ2) is 7.40. The molecule has 0 spiro atoms. The number of carbonyl (C=O) groups excluding carboxylic acids is 1. The first-order chi connectivity index (χ1) is 9.39. The zero-order valence-electron chi connectivity index (χ0n) is 12.1. The van der Waals surface area contributed by atoms with Gasteiger partial charge < -0.3 is 5.32 Å². The Hall–Kier alpha value is -1.40. The third-order valence-corrected chi connectivity index (χ3v) is 4.50. The summed E-state index contributed by atoms with van der Waals surface area (Å²) in [6.07, 6.45) is 1.96. The molecule has 6 heteroatoms. The van der Waals surface area contributed by atoms with Crippen molar-refractivity contribution in [1.29, 1.82) is 0 Å². The second-order valence-electron chi connectivity index (χ2n) is 4.75. The highest BCUT2D eigenvalue weighted by atomic mass is 32.2. The van der Waals surface area contributed by atoms with Crippen LogP contribution in [0.1, 0.15) is 40.0 Å². The Morgan fingerprint density at radius 3 is 2.30 bits per heavy atom. The molecule has 1 atom stereocenters. The summed E-state index contributed by atoms with van der Waals surface area (Å²) in [5.41, 5.74) is 0.603. The van der Waals surface area contributed by atoms with E-state index in [1.165, 1.54) is 12.1 Å². The Kier molecular flexibility index (Phi) is 6.16. The predicted octanol–water partition coefficient (Wildman–Crippen LogP) is 2.50. The van der Waals surface area contributed by atoms with Gasteiger partial charge in [-0.05, 0) is 44.0 Å². The van der Waals surface area contributed by atoms with Crippen LogP contribution in [0.15, 0.2) is 29.2 Å². The summed E-state index contributed by atoms with van der Waals surface area (Å²) in [5.74, 6) is -0.0687. The van der Waals surface area contributed by atoms with Crippen LogP contribution in [0.4, 0.5) is 5.69 Å². The number of sulfonamides is 1. The van der Waals surface area contributed by atoms with Gasteiger partial charge >= 0.3 is 0 Å². The smallest absolute Gasteiger partial charge is 0.240 e. The average molecular weight is 298 g/mol. The molecule has 0 aliphatic heterocycles. The first kappa shape index (κ1) is 16.7. The van der Waals surface area contributed by atoms with Crippen LogP contribution >= 0.6 is 0 Å². The summed E-state index contributed by atoms with van der Waals surface area (Å²) in [6, 6.07) is 6.07. The number of hydrogen-bond acceptors (Lipinski definition) is 3. The molecule has 1 rings (SSSR count). The standard InChI is InChI=1S/C14H22N2O3S/c1-4-6-14(17)15-12-7-9-13(10-8-12)20(18,19)16-11(3)5-2/h7-11,16H,4-6H2,1-3H3,(H,15,17)/t11-/m1/s1. The van der Waals surface area contributed by atoms with Crippen molar-refractivity contribution in [1.82, 2.24) is 4.72 Å². The fourth-order valence-corrected chi connectivity index (χ4v) is 2.91. The number of benzene rings is 1. The number of nitrogens with one attached hydrogen (secondary N) is 2. The number of amides is 1. The van der Waals surface area contributed by atoms with Gasteiger partial charge in [-0.2, -0.15) is 0 Å². The van der Waals surface area contributed by atoms with E-state index in [1.807, 2.05) is 20.8 Å². The minimum absolute atomic E-state index is 0.0687. The lowest BCUT2D eigenvalue weighted by Crippen LogP contribution is -2.31. The summed E-state index contributed by atoms with van der Waals surface area (Å²) < 4.78 is 26.7. The molecule has 0 aliphatic rings. The van der Waals surface area contributed by atoms with Crippen molar-refractivity contribution in [3.63, 3.8) is 0 Å². The molecule has 0 aromatic heterocycles. The molecule has 0 heterocycles. The summed E-state index contributed by atoms with van der Waals surface area (Å²) in [6.45, 7) is 5.66. The average Bonchev–Trinajstić information content (AvgIpc) is 2.39. The predicted molar refractivity (Wildman–Crippen MR) is 80.1 cm³/mol. The van der Waals surface area contributed by atoms with Gasteiger partial charge in [-0.1, -0.05) is 13.8 Å². The number of hydrogen-bond donors (Lipinski definition) is 2. The normalized spacial score (nSPS) is 12.9. The summed E-state index contributed by atoms with van der Waals surface area (Å²) in [7, 11) is -3.49. The number of carbonyl (C=O) groups is 1. The topological polar surface area (TPSA) is 75.3 Å². The van der Waals surface area contributed by atoms with Gasteiger partial charge in [-0.15, -0.1) is 0 Å². The van der Waals surface area contributed by atoms with Crippen molar-refractivity contribution < 1.29 is 13.2 Å². The van der Waals surface area contributed by atoms with Crippen LogP contribution in [0.5, 0.6) is 0 Å². The van der Waals surface area contributed by atoms with Crippen molar-refractivity contribution in [3.05, 3.63) is 24.3 Å². The molecule has 0 radical (unpaired) electrons. The van der Waals surface area contributed by atoms with E-state index in [-0.39, 0.29) is 16.8 Å². The maximum absolute atomic E-state index is 12.0. The van der Waals surface area contributed by atoms with Gasteiger partial charge in [0.1, 0.15) is 0 Å². The van der Waals surface area contributed by atoms with Crippen molar-refractivity contribution in [2.45, 2.75) is 51.0 Å². The maximum atomic E-state index is 12.0. The molecule has 1 aromatic rings. The van der Waals surface area contributed by atoms with E-state index in [9.17, 15) is 13.2 Å². The Bertz CT molecular complexity index is 538. The fourth-order valence-electron chi connectivity index (χ4n) is 1.58. The quantitative estimate of drug-likeness (QED) is 0.812. The molecule has 0 bridgehead atoms. The van der Waals surface area contributed by atoms with Gasteiger partial charge in [0.25, 0.3) is 0 Å². The van der Waals surface area contributed by atoms with Crippen LogP contribution in [-0.2, 0) is 14.8 Å². The monoisotopic (exact) mass is 298 g/mol. The number of rotatable bonds is 7. The molecule has 20 heavy (non-hydrogen) atoms. The lowest BCUT2D eigenvalue weighted by molar-refractivity contribution is -0.116. The third-order valence-electron chi connectivity index (χ3n) is 2.89. The van der Waals surface area contributed by atoms with E-state index in [0.29, 0.717) is 12.1 Å². The van der Waals surface area contributed by atoms with Gasteiger partial charge in [-0.3, -0.25) is 4.79 Å². The molecule has 0 unspecified atom stereocenters. The zero-order valence-corrected chi connectivity index (χ0v) is 13.0. The van der Waals surface area contributed by atoms with Crippen molar-refractivity contribution >= 4 is 21.6 Å². The molecule has 0 saturated heterocycles. The summed E-state index contributed by atoms with van der Waals surface area (Å²) in [4.78, 5) is 11.6. The minimum atomic E-state index is -3.49. The third kappa shape index (κ3) is 4.94. The van der Waals surface area contributed by atoms with Crippen LogP contribution in [0.3, 0.4) is 0 Å². The van der Waals surface area contributed by atoms with Crippen molar-refractivity contribution in [2.75, 3.05) is 5.32 Å². The van der Waals surface area contributed by atoms with Gasteiger partial charge in [0.15, 0.2) is 0 Å². The lowest BCUT2D eigenvalue weighted by Gasteiger charge is -2.12. The van der Waals surface area contributed by atoms with Crippen molar-refractivity contribution in [3.8, 4) is 0 Å². The Morgan fingerprint density at radius 1 is 1.20 bits per heavy atom. The van der Waals surface area contributed by atoms with E-state index in [4.69, 9.17) is 0 Å². The van der Waals surface area contributed by atoms with Gasteiger partial charge in [0.2, 0.25) is 15.9 Å². The van der Waals surface area contributed by atoms with Gasteiger partial charge in [-0.25, -0.2) is 13.1 Å². The molecule has 112 valence electrons. The van der Waals surface area contributed by atoms with E-state index in [1.54, 1.807) is 12.1 Å². The van der Waals surface area contributed by atoms with Gasteiger partial charge in [0.05, 0.1) is 4.90 Å². The summed E-state index contributed by atoms with van der Waals surface area (Å²) in [5, 5.41) is 2.72. The first-order valence-corrected chi connectivity index (χ1v) is 8.29. The Labute approximate surface area is 120 Å². The largest absolute Gasteiger partial charge is 0.326 e. The molecular weight excluding hydrogens is 276 g/mol. The Morgan fingerprint density at radius 2 is 1.80 bits per heavy atom. The molecular formula is C14H22N2O3S. The SMILES string of the molecule is CCCC(=O)Nc1ccc(S(=O)(=O)N[C@H](C)CC)cc1. The maximum Gasteiger partial charge on any atom is 0.240 e. The first-order valence-electron chi connectivity index (χ1n) is 6.81. The van der Waals surface area contributed by atoms with E-state index in [2.05, 4.69) is 10.0 Å². The van der Waals surface area contributed by atoms with E-state index < -0.39 is 10.0 Å². The van der Waals surface area contributed by atoms with Crippen molar-refractivity contribution in [2.24, 2.45) is 0 Å². The molecule has 2 N–H and O–H groups in total. The van der Waals surface area contributed by atoms with Crippen LogP contribution in [0, 0.1) is 0 Å². The van der Waals surface area contributed by atoms with Gasteiger partial charge in [0, 0.05) is 18.2 Å². The molecule has 5 nitrogen and oxygen atoms in total. The molecule has 1 aromatic carbocycles. The van der Waals surface area contributed by atoms with Crippen LogP contribution < -0.4 is 10.0 Å². The highest BCUT2D eigenvalue weighted by molar-refractivity contribution is 7.89. The zero-order chi connectivity index (χ0) is 15.2. The van der Waals surface area contributed by atoms with Crippen LogP contribution in [0.25, 0.3) is 0 Å². The Balaban J connectivity index is 2.78. The highest BCUT2D eigenvalue weighted by Crippen LogP contribution is 2.15. The van der Waals surface area contributed by atoms with Crippen LogP contribution in [-0.4, -0.2) is 20.4 Å².